The lowest BCUT2D eigenvalue weighted by molar-refractivity contribution is -0.146. The van der Waals surface area contributed by atoms with E-state index in [1.807, 2.05) is 38.1 Å². The molecule has 0 atom stereocenters. The Morgan fingerprint density at radius 1 is 1.17 bits per heavy atom. The van der Waals surface area contributed by atoms with E-state index in [2.05, 4.69) is 0 Å². The quantitative estimate of drug-likeness (QED) is 0.906. The normalized spacial score (nSPS) is 15.7. The summed E-state index contributed by atoms with van der Waals surface area (Å²) < 4.78 is 0. The summed E-state index contributed by atoms with van der Waals surface area (Å²) in [6.45, 7) is 5.33. The van der Waals surface area contributed by atoms with E-state index in [1.165, 1.54) is 0 Å². The molecule has 0 aliphatic carbocycles. The van der Waals surface area contributed by atoms with E-state index in [0.717, 1.165) is 5.56 Å². The molecule has 2 amide bonds. The Hall–Kier alpha value is -1.59. The highest BCUT2D eigenvalue weighted by Gasteiger charge is 2.34. The molecule has 0 bridgehead atoms. The van der Waals surface area contributed by atoms with Gasteiger partial charge >= 0.3 is 0 Å². The van der Waals surface area contributed by atoms with Crippen LogP contribution in [0.1, 0.15) is 19.4 Å². The zero-order valence-corrected chi connectivity index (χ0v) is 14.3. The molecule has 1 N–H and O–H groups in total. The van der Waals surface area contributed by atoms with Crippen LogP contribution in [0.15, 0.2) is 24.3 Å². The van der Waals surface area contributed by atoms with E-state index in [0.29, 0.717) is 37.6 Å². The van der Waals surface area contributed by atoms with Gasteiger partial charge in [0, 0.05) is 36.6 Å². The highest BCUT2D eigenvalue weighted by atomic mass is 35.5. The predicted molar refractivity (Wildman–Crippen MR) is 89.2 cm³/mol. The molecule has 0 aromatic heterocycles. The molecule has 1 aromatic rings. The molecule has 2 rings (SSSR count). The number of aliphatic hydroxyl groups is 1. The third-order valence-corrected chi connectivity index (χ3v) is 4.40. The van der Waals surface area contributed by atoms with Crippen molar-refractivity contribution in [3.05, 3.63) is 34.9 Å². The minimum absolute atomic E-state index is 0.0774. The molecule has 0 spiro atoms. The second kappa shape index (κ2) is 7.32. The van der Waals surface area contributed by atoms with Crippen molar-refractivity contribution in [1.29, 1.82) is 0 Å². The number of amides is 2. The van der Waals surface area contributed by atoms with Gasteiger partial charge in [0.2, 0.25) is 11.8 Å². The van der Waals surface area contributed by atoms with Crippen molar-refractivity contribution in [1.82, 2.24) is 9.80 Å². The molecule has 1 aromatic carbocycles. The minimum atomic E-state index is -0.534. The summed E-state index contributed by atoms with van der Waals surface area (Å²) in [4.78, 5) is 27.7. The Bertz CT molecular complexity index is 581. The molecule has 5 nitrogen and oxygen atoms in total. The van der Waals surface area contributed by atoms with Gasteiger partial charge < -0.3 is 14.9 Å². The Morgan fingerprint density at radius 2 is 1.78 bits per heavy atom. The fourth-order valence-corrected chi connectivity index (χ4v) is 3.13. The van der Waals surface area contributed by atoms with Crippen LogP contribution in [0.25, 0.3) is 0 Å². The smallest absolute Gasteiger partial charge is 0.248 e. The Labute approximate surface area is 141 Å². The van der Waals surface area contributed by atoms with Crippen molar-refractivity contribution in [2.45, 2.75) is 20.3 Å². The molecule has 0 radical (unpaired) electrons. The highest BCUT2D eigenvalue weighted by molar-refractivity contribution is 6.30. The Balaban J connectivity index is 1.98. The number of hydrogen-bond acceptors (Lipinski definition) is 3. The van der Waals surface area contributed by atoms with Crippen LogP contribution in [0.2, 0.25) is 5.02 Å². The lowest BCUT2D eigenvalue weighted by Gasteiger charge is -2.38. The maximum absolute atomic E-state index is 12.8. The van der Waals surface area contributed by atoms with Crippen LogP contribution in [-0.4, -0.2) is 59.5 Å². The number of aliphatic hydroxyl groups excluding tert-OH is 1. The first-order valence-electron chi connectivity index (χ1n) is 7.76. The van der Waals surface area contributed by atoms with E-state index in [1.54, 1.807) is 9.80 Å². The van der Waals surface area contributed by atoms with E-state index in [-0.39, 0.29) is 11.8 Å². The second-order valence-electron chi connectivity index (χ2n) is 6.52. The average Bonchev–Trinajstić information content (AvgIpc) is 2.53. The molecule has 1 aliphatic heterocycles. The molecule has 1 aliphatic rings. The number of benzene rings is 1. The van der Waals surface area contributed by atoms with Crippen molar-refractivity contribution in [3.63, 3.8) is 0 Å². The molecule has 23 heavy (non-hydrogen) atoms. The lowest BCUT2D eigenvalue weighted by atomic mass is 9.84. The number of carbonyl (C=O) groups is 2. The van der Waals surface area contributed by atoms with Gasteiger partial charge in [-0.2, -0.15) is 0 Å². The summed E-state index contributed by atoms with van der Waals surface area (Å²) in [5, 5.41) is 9.56. The van der Waals surface area contributed by atoms with Crippen LogP contribution in [0.5, 0.6) is 0 Å². The summed E-state index contributed by atoms with van der Waals surface area (Å²) in [5.41, 5.74) is 0.498. The zero-order chi connectivity index (χ0) is 17.0. The number of carbonyl (C=O) groups excluding carboxylic acids is 2. The Kier molecular flexibility index (Phi) is 5.65. The first-order valence-corrected chi connectivity index (χ1v) is 8.14. The van der Waals surface area contributed by atoms with Crippen LogP contribution in [-0.2, 0) is 16.0 Å². The van der Waals surface area contributed by atoms with Crippen molar-refractivity contribution < 1.29 is 14.7 Å². The summed E-state index contributed by atoms with van der Waals surface area (Å²) in [6.07, 6.45) is 0.613. The Morgan fingerprint density at radius 3 is 2.35 bits per heavy atom. The maximum atomic E-state index is 12.8. The SMILES string of the molecule is CC(C)(Cc1cccc(Cl)c1)C(=O)N1CCN(C(=O)CO)CC1. The van der Waals surface area contributed by atoms with Crippen LogP contribution in [0.3, 0.4) is 0 Å². The molecule has 1 fully saturated rings. The number of nitrogens with zero attached hydrogens (tertiary/aromatic N) is 2. The van der Waals surface area contributed by atoms with Crippen LogP contribution >= 0.6 is 11.6 Å². The second-order valence-corrected chi connectivity index (χ2v) is 6.96. The average molecular weight is 339 g/mol. The van der Waals surface area contributed by atoms with Crippen LogP contribution < -0.4 is 0 Å². The largest absolute Gasteiger partial charge is 0.387 e. The fraction of sp³-hybridized carbons (Fsp3) is 0.529. The topological polar surface area (TPSA) is 60.9 Å². The van der Waals surface area contributed by atoms with E-state index >= 15 is 0 Å². The van der Waals surface area contributed by atoms with Gasteiger partial charge in [0.15, 0.2) is 0 Å². The number of rotatable bonds is 4. The molecule has 126 valence electrons. The number of piperazine rings is 1. The molecular weight excluding hydrogens is 316 g/mol. The van der Waals surface area contributed by atoms with Gasteiger partial charge in [-0.15, -0.1) is 0 Å². The van der Waals surface area contributed by atoms with Gasteiger partial charge in [-0.05, 0) is 24.1 Å². The van der Waals surface area contributed by atoms with Gasteiger partial charge in [-0.1, -0.05) is 37.6 Å². The highest BCUT2D eigenvalue weighted by Crippen LogP contribution is 2.26. The van der Waals surface area contributed by atoms with E-state index in [9.17, 15) is 9.59 Å². The van der Waals surface area contributed by atoms with Crippen molar-refractivity contribution in [3.8, 4) is 0 Å². The fourth-order valence-electron chi connectivity index (χ4n) is 2.92. The monoisotopic (exact) mass is 338 g/mol. The molecule has 6 heteroatoms. The third kappa shape index (κ3) is 4.45. The van der Waals surface area contributed by atoms with Crippen molar-refractivity contribution in [2.75, 3.05) is 32.8 Å². The maximum Gasteiger partial charge on any atom is 0.248 e. The summed E-state index contributed by atoms with van der Waals surface area (Å²) in [5.74, 6) is -0.205. The zero-order valence-electron chi connectivity index (χ0n) is 13.6. The summed E-state index contributed by atoms with van der Waals surface area (Å²) in [6, 6.07) is 7.56. The molecule has 0 unspecified atom stereocenters. The standard InChI is InChI=1S/C17H23ClN2O3/c1-17(2,11-13-4-3-5-14(18)10-13)16(23)20-8-6-19(7-9-20)15(22)12-21/h3-5,10,21H,6-9,11-12H2,1-2H3. The first kappa shape index (κ1) is 17.8. The molecule has 1 saturated heterocycles. The molecule has 1 heterocycles. The van der Waals surface area contributed by atoms with Crippen molar-refractivity contribution in [2.24, 2.45) is 5.41 Å². The van der Waals surface area contributed by atoms with Crippen LogP contribution in [0.4, 0.5) is 0 Å². The van der Waals surface area contributed by atoms with Gasteiger partial charge in [0.1, 0.15) is 6.61 Å². The van der Waals surface area contributed by atoms with E-state index in [4.69, 9.17) is 16.7 Å². The van der Waals surface area contributed by atoms with E-state index < -0.39 is 12.0 Å². The van der Waals surface area contributed by atoms with Gasteiger partial charge in [0.05, 0.1) is 0 Å². The molecule has 0 saturated carbocycles. The third-order valence-electron chi connectivity index (χ3n) is 4.17. The minimum Gasteiger partial charge on any atom is -0.387 e. The van der Waals surface area contributed by atoms with Gasteiger partial charge in [-0.3, -0.25) is 9.59 Å². The number of hydrogen-bond donors (Lipinski definition) is 1. The van der Waals surface area contributed by atoms with Crippen LogP contribution in [0, 0.1) is 5.41 Å². The first-order chi connectivity index (χ1) is 10.8. The molecular formula is C17H23ClN2O3. The summed E-state index contributed by atoms with van der Waals surface area (Å²) >= 11 is 6.01. The predicted octanol–water partition coefficient (Wildman–Crippen LogP) is 1.57. The van der Waals surface area contributed by atoms with Gasteiger partial charge in [-0.25, -0.2) is 0 Å². The summed E-state index contributed by atoms with van der Waals surface area (Å²) in [7, 11) is 0. The number of halogens is 1. The van der Waals surface area contributed by atoms with Gasteiger partial charge in [0.25, 0.3) is 0 Å². The lowest BCUT2D eigenvalue weighted by Crippen LogP contribution is -2.54. The van der Waals surface area contributed by atoms with Crippen molar-refractivity contribution >= 4 is 23.4 Å².